The molecule has 0 spiro atoms. The van der Waals surface area contributed by atoms with Gasteiger partial charge in [-0.25, -0.2) is 9.59 Å². The lowest BCUT2D eigenvalue weighted by Crippen LogP contribution is -2.34. The number of aromatic carboxylic acids is 1. The van der Waals surface area contributed by atoms with Crippen LogP contribution in [0.1, 0.15) is 93.8 Å². The molecule has 0 heterocycles. The van der Waals surface area contributed by atoms with Gasteiger partial charge in [-0.3, -0.25) is 4.79 Å². The van der Waals surface area contributed by atoms with Crippen molar-refractivity contribution in [2.75, 3.05) is 5.32 Å². The number of nitrogens with one attached hydrogen (secondary N) is 1. The zero-order valence-electron chi connectivity index (χ0n) is 22.1. The number of hydrogen-bond acceptors (Lipinski definition) is 5. The third kappa shape index (κ3) is 6.37. The third-order valence-corrected chi connectivity index (χ3v) is 7.11. The second kappa shape index (κ2) is 11.2. The van der Waals surface area contributed by atoms with E-state index in [1.165, 1.54) is 17.7 Å². The molecule has 3 rings (SSSR count). The molecular weight excluding hydrogens is 472 g/mol. The van der Waals surface area contributed by atoms with Gasteiger partial charge in [0.15, 0.2) is 5.71 Å². The van der Waals surface area contributed by atoms with E-state index in [1.54, 1.807) is 18.2 Å². The van der Waals surface area contributed by atoms with E-state index in [0.717, 1.165) is 24.8 Å². The fourth-order valence-electron chi connectivity index (χ4n) is 4.65. The third-order valence-electron chi connectivity index (χ3n) is 7.11. The van der Waals surface area contributed by atoms with Gasteiger partial charge in [-0.1, -0.05) is 70.5 Å². The Morgan fingerprint density at radius 2 is 1.65 bits per heavy atom. The minimum Gasteiger partial charge on any atom is -0.478 e. The van der Waals surface area contributed by atoms with Crippen molar-refractivity contribution in [3.8, 4) is 0 Å². The highest BCUT2D eigenvalue weighted by atomic mass is 16.6. The minimum absolute atomic E-state index is 0.0333. The maximum atomic E-state index is 13.5. The van der Waals surface area contributed by atoms with Crippen LogP contribution in [0.3, 0.4) is 0 Å². The fourth-order valence-corrected chi connectivity index (χ4v) is 4.65. The lowest BCUT2D eigenvalue weighted by atomic mass is 9.63. The van der Waals surface area contributed by atoms with E-state index in [1.807, 2.05) is 19.1 Å². The highest BCUT2D eigenvalue weighted by molar-refractivity contribution is 6.49. The van der Waals surface area contributed by atoms with Gasteiger partial charge in [-0.05, 0) is 65.8 Å². The molecule has 2 aromatic rings. The summed E-state index contributed by atoms with van der Waals surface area (Å²) >= 11 is 0. The first-order valence-electron chi connectivity index (χ1n) is 12.6. The molecule has 1 amide bonds. The number of hydrogen-bond donors (Lipinski definition) is 3. The highest BCUT2D eigenvalue weighted by Crippen LogP contribution is 2.46. The average molecular weight is 509 g/mol. The molecule has 0 aliphatic heterocycles. The maximum Gasteiger partial charge on any atom is 0.347 e. The van der Waals surface area contributed by atoms with E-state index in [9.17, 15) is 24.6 Å². The number of benzene rings is 2. The fraction of sp³-hybridized carbons (Fsp3) is 0.448. The molecule has 8 nitrogen and oxygen atoms in total. The molecule has 2 aromatic carbocycles. The number of amides is 1. The number of carboxylic acids is 2. The second-order valence-corrected chi connectivity index (χ2v) is 10.8. The first-order valence-corrected chi connectivity index (χ1v) is 12.6. The van der Waals surface area contributed by atoms with Gasteiger partial charge in [0.25, 0.3) is 5.91 Å². The van der Waals surface area contributed by atoms with Gasteiger partial charge in [-0.15, -0.1) is 0 Å². The first-order chi connectivity index (χ1) is 17.4. The number of para-hydroxylation sites is 1. The van der Waals surface area contributed by atoms with E-state index < -0.39 is 23.9 Å². The van der Waals surface area contributed by atoms with Gasteiger partial charge in [0, 0.05) is 5.56 Å². The van der Waals surface area contributed by atoms with E-state index in [-0.39, 0.29) is 34.2 Å². The van der Waals surface area contributed by atoms with Crippen molar-refractivity contribution in [2.24, 2.45) is 5.16 Å². The summed E-state index contributed by atoms with van der Waals surface area (Å²) in [5.41, 5.74) is 2.49. The molecule has 37 heavy (non-hydrogen) atoms. The lowest BCUT2D eigenvalue weighted by Gasteiger charge is -2.42. The summed E-state index contributed by atoms with van der Waals surface area (Å²) in [5.74, 6) is -3.04. The van der Waals surface area contributed by atoms with Crippen LogP contribution in [0.2, 0.25) is 0 Å². The first kappa shape index (κ1) is 27.9. The second-order valence-electron chi connectivity index (χ2n) is 10.8. The molecule has 3 N–H and O–H groups in total. The largest absolute Gasteiger partial charge is 0.478 e. The number of rotatable bonds is 10. The molecule has 0 aromatic heterocycles. The van der Waals surface area contributed by atoms with Crippen LogP contribution in [0.5, 0.6) is 0 Å². The Morgan fingerprint density at radius 3 is 2.27 bits per heavy atom. The topological polar surface area (TPSA) is 125 Å². The number of unbranched alkanes of at least 4 members (excludes halogenated alkanes) is 1. The number of fused-ring (bicyclic) bond motifs is 1. The van der Waals surface area contributed by atoms with Crippen molar-refractivity contribution < 1.29 is 29.4 Å². The van der Waals surface area contributed by atoms with E-state index in [0.29, 0.717) is 12.0 Å². The van der Waals surface area contributed by atoms with Crippen LogP contribution in [0.15, 0.2) is 47.6 Å². The zero-order valence-corrected chi connectivity index (χ0v) is 22.1. The minimum atomic E-state index is -1.21. The Kier molecular flexibility index (Phi) is 8.41. The van der Waals surface area contributed by atoms with Gasteiger partial charge in [0.2, 0.25) is 6.10 Å². The van der Waals surface area contributed by atoms with Crippen LogP contribution in [0, 0.1) is 0 Å². The quantitative estimate of drug-likeness (QED) is 0.278. The molecule has 1 aliphatic carbocycles. The molecule has 0 radical (unpaired) electrons. The Balaban J connectivity index is 2.08. The SMILES string of the molecule is CCCCC(ON=C(C(=O)Nc1ccccc1C(=O)O)c1ccc2c(c1)C(C)(C)CCC2(C)C)C(=O)O. The van der Waals surface area contributed by atoms with Gasteiger partial charge < -0.3 is 20.4 Å². The van der Waals surface area contributed by atoms with Crippen molar-refractivity contribution in [1.82, 2.24) is 0 Å². The van der Waals surface area contributed by atoms with Gasteiger partial charge in [0.1, 0.15) is 0 Å². The Morgan fingerprint density at radius 1 is 1.00 bits per heavy atom. The van der Waals surface area contributed by atoms with E-state index >= 15 is 0 Å². The Labute approximate surface area is 217 Å². The summed E-state index contributed by atoms with van der Waals surface area (Å²) in [6, 6.07) is 11.8. The number of nitrogens with zero attached hydrogens (tertiary/aromatic N) is 1. The molecule has 198 valence electrons. The smallest absolute Gasteiger partial charge is 0.347 e. The van der Waals surface area contributed by atoms with E-state index in [2.05, 4.69) is 38.2 Å². The standard InChI is InChI=1S/C29H36N2O6/c1-6-7-12-23(27(35)36)37-31-24(25(32)30-22-11-9-8-10-19(22)26(33)34)18-13-14-20-21(17-18)29(4,5)16-15-28(20,2)3/h8-11,13-14,17,23H,6-7,12,15-16H2,1-5H3,(H,30,32)(H,33,34)(H,35,36). The highest BCUT2D eigenvalue weighted by Gasteiger charge is 2.37. The molecule has 0 fully saturated rings. The molecule has 8 heteroatoms. The van der Waals surface area contributed by atoms with Crippen LogP contribution in [-0.4, -0.2) is 39.9 Å². The van der Waals surface area contributed by atoms with Gasteiger partial charge in [-0.2, -0.15) is 0 Å². The number of oxime groups is 1. The summed E-state index contributed by atoms with van der Waals surface area (Å²) < 4.78 is 0. The van der Waals surface area contributed by atoms with Crippen molar-refractivity contribution in [3.05, 3.63) is 64.7 Å². The molecule has 1 unspecified atom stereocenters. The summed E-state index contributed by atoms with van der Waals surface area (Å²) in [6.07, 6.45) is 2.45. The Bertz CT molecular complexity index is 1210. The van der Waals surface area contributed by atoms with Crippen LogP contribution in [0.25, 0.3) is 0 Å². The summed E-state index contributed by atoms with van der Waals surface area (Å²) in [5, 5.41) is 25.8. The summed E-state index contributed by atoms with van der Waals surface area (Å²) in [4.78, 5) is 42.3. The van der Waals surface area contributed by atoms with Crippen molar-refractivity contribution in [3.63, 3.8) is 0 Å². The van der Waals surface area contributed by atoms with Gasteiger partial charge >= 0.3 is 11.9 Å². The molecular formula is C29H36N2O6. The molecule has 0 bridgehead atoms. The number of aliphatic carboxylic acids is 1. The molecule has 1 aliphatic rings. The maximum absolute atomic E-state index is 13.5. The molecule has 0 saturated carbocycles. The zero-order chi connectivity index (χ0) is 27.4. The van der Waals surface area contributed by atoms with E-state index in [4.69, 9.17) is 4.84 Å². The normalized spacial score (nSPS) is 16.8. The van der Waals surface area contributed by atoms with Crippen molar-refractivity contribution in [2.45, 2.75) is 83.7 Å². The van der Waals surface area contributed by atoms with Crippen LogP contribution < -0.4 is 5.32 Å². The van der Waals surface area contributed by atoms with Crippen molar-refractivity contribution >= 4 is 29.2 Å². The number of anilines is 1. The molecule has 1 atom stereocenters. The number of carbonyl (C=O) groups excluding carboxylic acids is 1. The van der Waals surface area contributed by atoms with Crippen LogP contribution in [-0.2, 0) is 25.3 Å². The van der Waals surface area contributed by atoms with Crippen molar-refractivity contribution in [1.29, 1.82) is 0 Å². The number of carbonyl (C=O) groups is 3. The summed E-state index contributed by atoms with van der Waals surface area (Å²) in [7, 11) is 0. The monoisotopic (exact) mass is 508 g/mol. The average Bonchev–Trinajstić information content (AvgIpc) is 2.84. The Hall–Kier alpha value is -3.68. The van der Waals surface area contributed by atoms with Gasteiger partial charge in [0.05, 0.1) is 11.3 Å². The predicted octanol–water partition coefficient (Wildman–Crippen LogP) is 5.74. The summed E-state index contributed by atoms with van der Waals surface area (Å²) in [6.45, 7) is 10.6. The van der Waals surface area contributed by atoms with Crippen LogP contribution >= 0.6 is 0 Å². The molecule has 0 saturated heterocycles. The number of carboxylic acid groups (broad SMARTS) is 2. The lowest BCUT2D eigenvalue weighted by molar-refractivity contribution is -0.151. The predicted molar refractivity (Wildman–Crippen MR) is 142 cm³/mol. The van der Waals surface area contributed by atoms with Crippen LogP contribution in [0.4, 0.5) is 5.69 Å².